The van der Waals surface area contributed by atoms with Gasteiger partial charge in [-0.3, -0.25) is 4.79 Å². The number of nitrogens with two attached hydrogens (primary N) is 1. The summed E-state index contributed by atoms with van der Waals surface area (Å²) in [6.45, 7) is 0. The summed E-state index contributed by atoms with van der Waals surface area (Å²) in [6, 6.07) is 22.4. The van der Waals surface area contributed by atoms with Crippen LogP contribution in [0.25, 0.3) is 33.9 Å². The molecule has 4 aromatic rings. The number of aromatic nitrogens is 4. The highest BCUT2D eigenvalue weighted by Crippen LogP contribution is 2.32. The summed E-state index contributed by atoms with van der Waals surface area (Å²) < 4.78 is 1.28. The lowest BCUT2D eigenvalue weighted by Crippen LogP contribution is -2.18. The third-order valence-electron chi connectivity index (χ3n) is 4.22. The minimum absolute atomic E-state index is 0.188. The molecule has 0 aliphatic carbocycles. The van der Waals surface area contributed by atoms with E-state index in [2.05, 4.69) is 10.1 Å². The van der Waals surface area contributed by atoms with Crippen molar-refractivity contribution < 1.29 is 0 Å². The first-order valence-corrected chi connectivity index (χ1v) is 8.46. The number of nitrogens with zero attached hydrogens (tertiary/aromatic N) is 4. The van der Waals surface area contributed by atoms with Gasteiger partial charge in [-0.15, -0.1) is 0 Å². The molecule has 0 spiro atoms. The third-order valence-corrected chi connectivity index (χ3v) is 4.22. The summed E-state index contributed by atoms with van der Waals surface area (Å²) in [5.41, 5.74) is 10.1. The minimum Gasteiger partial charge on any atom is -0.382 e. The van der Waals surface area contributed by atoms with Crippen molar-refractivity contribution in [3.63, 3.8) is 0 Å². The fourth-order valence-corrected chi connectivity index (χ4v) is 2.86. The molecule has 2 N–H and O–H groups in total. The number of nitrogen functional groups attached to an aromatic ring is 1. The maximum atomic E-state index is 11.7. The highest BCUT2D eigenvalue weighted by molar-refractivity contribution is 5.82. The lowest BCUT2D eigenvalue weighted by Gasteiger charge is -2.13. The monoisotopic (exact) mass is 355 g/mol. The molecule has 0 aliphatic rings. The summed E-state index contributed by atoms with van der Waals surface area (Å²) in [5.74, 6) is 0.341. The van der Waals surface area contributed by atoms with E-state index in [1.807, 2.05) is 60.7 Å². The van der Waals surface area contributed by atoms with Crippen LogP contribution in [0.2, 0.25) is 0 Å². The van der Waals surface area contributed by atoms with Crippen LogP contribution in [0.15, 0.2) is 77.6 Å². The van der Waals surface area contributed by atoms with Crippen molar-refractivity contribution >= 4 is 5.82 Å². The smallest absolute Gasteiger partial charge is 0.266 e. The summed E-state index contributed by atoms with van der Waals surface area (Å²) >= 11 is 0. The molecule has 0 unspecified atom stereocenters. The van der Waals surface area contributed by atoms with Gasteiger partial charge in [-0.05, 0) is 6.07 Å². The zero-order valence-corrected chi connectivity index (χ0v) is 14.7. The first-order chi connectivity index (χ1) is 13.1. The van der Waals surface area contributed by atoms with Gasteiger partial charge in [-0.1, -0.05) is 60.7 Å². The number of rotatable bonds is 3. The summed E-state index contributed by atoms with van der Waals surface area (Å²) in [7, 11) is 1.61. The van der Waals surface area contributed by atoms with Crippen molar-refractivity contribution in [2.75, 3.05) is 5.73 Å². The van der Waals surface area contributed by atoms with Crippen molar-refractivity contribution in [3.05, 3.63) is 83.2 Å². The average Bonchev–Trinajstić information content (AvgIpc) is 2.71. The normalized spacial score (nSPS) is 10.7. The van der Waals surface area contributed by atoms with Crippen molar-refractivity contribution in [1.29, 1.82) is 0 Å². The molecular formula is C21H17N5O. The van der Waals surface area contributed by atoms with Crippen LogP contribution < -0.4 is 11.3 Å². The molecule has 132 valence electrons. The van der Waals surface area contributed by atoms with Gasteiger partial charge in [0.15, 0.2) is 5.82 Å². The van der Waals surface area contributed by atoms with Gasteiger partial charge >= 0.3 is 0 Å². The molecule has 0 amide bonds. The van der Waals surface area contributed by atoms with E-state index < -0.39 is 0 Å². The van der Waals surface area contributed by atoms with Crippen LogP contribution in [-0.4, -0.2) is 19.7 Å². The Kier molecular flexibility index (Phi) is 4.22. The van der Waals surface area contributed by atoms with Gasteiger partial charge in [0.05, 0.1) is 0 Å². The Morgan fingerprint density at radius 2 is 1.33 bits per heavy atom. The molecule has 0 bridgehead atoms. The Balaban J connectivity index is 2.00. The fourth-order valence-electron chi connectivity index (χ4n) is 2.86. The topological polar surface area (TPSA) is 86.7 Å². The molecule has 6 heteroatoms. The fraction of sp³-hybridized carbons (Fsp3) is 0.0476. The van der Waals surface area contributed by atoms with E-state index in [1.54, 1.807) is 13.1 Å². The van der Waals surface area contributed by atoms with Crippen molar-refractivity contribution in [3.8, 4) is 33.9 Å². The van der Waals surface area contributed by atoms with Gasteiger partial charge in [-0.2, -0.15) is 5.10 Å². The molecule has 2 heterocycles. The molecule has 0 atom stereocenters. The molecule has 0 saturated carbocycles. The van der Waals surface area contributed by atoms with Crippen LogP contribution in [-0.2, 0) is 7.05 Å². The van der Waals surface area contributed by atoms with Gasteiger partial charge in [0.1, 0.15) is 22.8 Å². The summed E-state index contributed by atoms with van der Waals surface area (Å²) in [5, 5.41) is 4.35. The second-order valence-electron chi connectivity index (χ2n) is 6.07. The Bertz CT molecular complexity index is 1150. The average molecular weight is 355 g/mol. The highest BCUT2D eigenvalue weighted by atomic mass is 16.1. The highest BCUT2D eigenvalue weighted by Gasteiger charge is 2.17. The van der Waals surface area contributed by atoms with Crippen molar-refractivity contribution in [2.24, 2.45) is 7.05 Å². The second kappa shape index (κ2) is 6.84. The largest absolute Gasteiger partial charge is 0.382 e. The van der Waals surface area contributed by atoms with Crippen molar-refractivity contribution in [2.45, 2.75) is 0 Å². The molecule has 27 heavy (non-hydrogen) atoms. The molecule has 6 nitrogen and oxygen atoms in total. The second-order valence-corrected chi connectivity index (χ2v) is 6.07. The standard InChI is InChI=1S/C21H17N5O/c1-26-17(27)13-12-16(25-26)20-18(14-8-4-2-5-9-14)24-21(22)19(23-20)15-10-6-3-7-11-15/h2-13H,1H3,(H2,22,24). The Labute approximate surface area is 156 Å². The van der Waals surface area contributed by atoms with Crippen LogP contribution in [0.1, 0.15) is 0 Å². The molecule has 0 saturated heterocycles. The maximum absolute atomic E-state index is 11.7. The maximum Gasteiger partial charge on any atom is 0.266 e. The van der Waals surface area contributed by atoms with Gasteiger partial charge in [0.25, 0.3) is 5.56 Å². The first kappa shape index (κ1) is 16.7. The van der Waals surface area contributed by atoms with Gasteiger partial charge in [-0.25, -0.2) is 14.6 Å². The van der Waals surface area contributed by atoms with E-state index in [0.717, 1.165) is 11.1 Å². The van der Waals surface area contributed by atoms with Gasteiger partial charge in [0.2, 0.25) is 0 Å². The molecular weight excluding hydrogens is 338 g/mol. The number of hydrogen-bond acceptors (Lipinski definition) is 5. The van der Waals surface area contributed by atoms with Gasteiger partial charge in [0, 0.05) is 24.2 Å². The van der Waals surface area contributed by atoms with E-state index in [4.69, 9.17) is 10.7 Å². The molecule has 0 aliphatic heterocycles. The van der Waals surface area contributed by atoms with E-state index in [9.17, 15) is 4.79 Å². The Morgan fingerprint density at radius 3 is 1.93 bits per heavy atom. The number of hydrogen-bond donors (Lipinski definition) is 1. The lowest BCUT2D eigenvalue weighted by atomic mass is 10.1. The predicted molar refractivity (Wildman–Crippen MR) is 106 cm³/mol. The molecule has 0 fully saturated rings. The molecule has 2 aromatic carbocycles. The van der Waals surface area contributed by atoms with E-state index in [0.29, 0.717) is 28.6 Å². The summed E-state index contributed by atoms with van der Waals surface area (Å²) in [4.78, 5) is 21.2. The Morgan fingerprint density at radius 1 is 0.741 bits per heavy atom. The zero-order valence-electron chi connectivity index (χ0n) is 14.7. The molecule has 0 radical (unpaired) electrons. The van der Waals surface area contributed by atoms with Crippen LogP contribution in [0, 0.1) is 0 Å². The number of benzene rings is 2. The van der Waals surface area contributed by atoms with Crippen molar-refractivity contribution in [1.82, 2.24) is 19.7 Å². The van der Waals surface area contributed by atoms with E-state index in [1.165, 1.54) is 10.7 Å². The van der Waals surface area contributed by atoms with Crippen LogP contribution in [0.5, 0.6) is 0 Å². The lowest BCUT2D eigenvalue weighted by molar-refractivity contribution is 0.711. The number of aryl methyl sites for hydroxylation is 1. The van der Waals surface area contributed by atoms with Crippen LogP contribution in [0.3, 0.4) is 0 Å². The first-order valence-electron chi connectivity index (χ1n) is 8.46. The van der Waals surface area contributed by atoms with Crippen LogP contribution >= 0.6 is 0 Å². The molecule has 4 rings (SSSR count). The molecule has 2 aromatic heterocycles. The Hall–Kier alpha value is -3.80. The summed E-state index contributed by atoms with van der Waals surface area (Å²) in [6.07, 6.45) is 0. The SMILES string of the molecule is Cn1nc(-c2nc(-c3ccccc3)c(N)nc2-c2ccccc2)ccc1=O. The van der Waals surface area contributed by atoms with Gasteiger partial charge < -0.3 is 5.73 Å². The third kappa shape index (κ3) is 3.20. The predicted octanol–water partition coefficient (Wildman–Crippen LogP) is 3.15. The van der Waals surface area contributed by atoms with Crippen LogP contribution in [0.4, 0.5) is 5.82 Å². The van der Waals surface area contributed by atoms with E-state index in [-0.39, 0.29) is 5.56 Å². The zero-order chi connectivity index (χ0) is 18.8. The minimum atomic E-state index is -0.188. The van der Waals surface area contributed by atoms with E-state index >= 15 is 0 Å². The quantitative estimate of drug-likeness (QED) is 0.610. The number of anilines is 1.